The normalized spacial score (nSPS) is 11.5. The molecule has 0 radical (unpaired) electrons. The Kier molecular flexibility index (Phi) is 24.8. The van der Waals surface area contributed by atoms with Gasteiger partial charge < -0.3 is 0 Å². The average molecular weight is 518 g/mol. The Balaban J connectivity index is 2.22. The molecule has 0 amide bonds. The van der Waals surface area contributed by atoms with Gasteiger partial charge in [-0.25, -0.2) is 9.13 Å². The summed E-state index contributed by atoms with van der Waals surface area (Å²) in [7, 11) is 0. The second kappa shape index (κ2) is 26.8. The van der Waals surface area contributed by atoms with Crippen LogP contribution in [-0.4, -0.2) is 4.57 Å². The van der Waals surface area contributed by atoms with Crippen LogP contribution in [0.5, 0.6) is 0 Å². The van der Waals surface area contributed by atoms with E-state index in [1.54, 1.807) is 5.82 Å². The van der Waals surface area contributed by atoms with Crippen LogP contribution in [0.25, 0.3) is 0 Å². The summed E-state index contributed by atoms with van der Waals surface area (Å²) in [4.78, 5) is 0. The lowest BCUT2D eigenvalue weighted by Gasteiger charge is -2.07. The van der Waals surface area contributed by atoms with Crippen LogP contribution in [-0.2, 0) is 19.5 Å². The van der Waals surface area contributed by atoms with Crippen LogP contribution in [0.15, 0.2) is 12.4 Å². The molecule has 0 aromatic carbocycles. The summed E-state index contributed by atoms with van der Waals surface area (Å²) in [5.74, 6) is 1.61. The maximum absolute atomic E-state index is 2.61. The van der Waals surface area contributed by atoms with Crippen molar-refractivity contribution in [3.05, 3.63) is 18.2 Å². The summed E-state index contributed by atoms with van der Waals surface area (Å²) in [5, 5.41) is 0. The summed E-state index contributed by atoms with van der Waals surface area (Å²) in [6, 6.07) is 0. The molecule has 1 heterocycles. The van der Waals surface area contributed by atoms with Gasteiger partial charge in [-0.05, 0) is 32.1 Å². The maximum atomic E-state index is 2.61. The fourth-order valence-corrected chi connectivity index (χ4v) is 5.80. The van der Waals surface area contributed by atoms with Crippen molar-refractivity contribution in [2.45, 2.75) is 207 Å². The van der Waals surface area contributed by atoms with E-state index in [9.17, 15) is 0 Å². The summed E-state index contributed by atoms with van der Waals surface area (Å²) < 4.78 is 5.22. The van der Waals surface area contributed by atoms with Gasteiger partial charge in [0.05, 0.1) is 13.1 Å². The Bertz CT molecular complexity index is 576. The van der Waals surface area contributed by atoms with Crippen LogP contribution in [0.4, 0.5) is 0 Å². The number of aromatic nitrogens is 2. The molecule has 0 bridgehead atoms. The Morgan fingerprint density at radius 3 is 1.30 bits per heavy atom. The number of imidazole rings is 1. The van der Waals surface area contributed by atoms with Gasteiger partial charge in [-0.2, -0.15) is 0 Å². The minimum absolute atomic E-state index is 1.23. The lowest BCUT2D eigenvalue weighted by atomic mass is 10.0. The molecule has 1 aromatic heterocycles. The molecule has 0 saturated heterocycles. The van der Waals surface area contributed by atoms with Gasteiger partial charge in [0, 0.05) is 6.42 Å². The minimum Gasteiger partial charge on any atom is -0.234 e. The molecule has 218 valence electrons. The Morgan fingerprint density at radius 1 is 0.459 bits per heavy atom. The molecule has 0 spiro atoms. The number of aryl methyl sites for hydroxylation is 2. The predicted molar refractivity (Wildman–Crippen MR) is 165 cm³/mol. The van der Waals surface area contributed by atoms with E-state index >= 15 is 0 Å². The molecule has 0 atom stereocenters. The van der Waals surface area contributed by atoms with E-state index in [0.717, 1.165) is 0 Å². The monoisotopic (exact) mass is 518 g/mol. The summed E-state index contributed by atoms with van der Waals surface area (Å²) in [6.07, 6.45) is 43.0. The van der Waals surface area contributed by atoms with Crippen molar-refractivity contribution in [2.24, 2.45) is 0 Å². The molecule has 0 aliphatic heterocycles. The third kappa shape index (κ3) is 19.9. The fourth-order valence-electron chi connectivity index (χ4n) is 5.80. The van der Waals surface area contributed by atoms with E-state index in [0.29, 0.717) is 0 Å². The van der Waals surface area contributed by atoms with Crippen LogP contribution in [0.1, 0.15) is 194 Å². The zero-order valence-electron chi connectivity index (χ0n) is 26.1. The Hall–Kier alpha value is -0.790. The first-order valence-electron chi connectivity index (χ1n) is 17.4. The van der Waals surface area contributed by atoms with Gasteiger partial charge in [0.25, 0.3) is 5.82 Å². The van der Waals surface area contributed by atoms with Gasteiger partial charge in [0.1, 0.15) is 12.4 Å². The predicted octanol–water partition coefficient (Wildman–Crippen LogP) is 11.5. The quantitative estimate of drug-likeness (QED) is 0.0737. The van der Waals surface area contributed by atoms with Crippen LogP contribution in [0.3, 0.4) is 0 Å². The minimum atomic E-state index is 1.23. The third-order valence-corrected chi connectivity index (χ3v) is 8.35. The zero-order chi connectivity index (χ0) is 26.7. The molecule has 1 rings (SSSR count). The summed E-state index contributed by atoms with van der Waals surface area (Å²) in [6.45, 7) is 9.39. The maximum Gasteiger partial charge on any atom is 0.256 e. The van der Waals surface area contributed by atoms with E-state index in [-0.39, 0.29) is 0 Å². The van der Waals surface area contributed by atoms with Gasteiger partial charge in [-0.15, -0.1) is 0 Å². The van der Waals surface area contributed by atoms with Gasteiger partial charge >= 0.3 is 0 Å². The highest BCUT2D eigenvalue weighted by molar-refractivity contribution is 4.84. The first-order chi connectivity index (χ1) is 18.3. The molecule has 1 aromatic rings. The summed E-state index contributed by atoms with van der Waals surface area (Å²) in [5.41, 5.74) is 0. The van der Waals surface area contributed by atoms with E-state index in [4.69, 9.17) is 0 Å². The van der Waals surface area contributed by atoms with Crippen molar-refractivity contribution in [1.29, 1.82) is 0 Å². The number of unbranched alkanes of at least 4 members (excludes halogenated alkanes) is 23. The van der Waals surface area contributed by atoms with E-state index in [2.05, 4.69) is 42.3 Å². The SMILES string of the molecule is CCCCCCCCCCCCCCCCn1cc[n+](CCCCCCCCC)c1CCCCCCC. The molecular formula is C35H69N2+. The van der Waals surface area contributed by atoms with Crippen molar-refractivity contribution in [2.75, 3.05) is 0 Å². The van der Waals surface area contributed by atoms with Crippen LogP contribution >= 0.6 is 0 Å². The van der Waals surface area contributed by atoms with E-state index in [1.165, 1.54) is 186 Å². The average Bonchev–Trinajstić information content (AvgIpc) is 3.29. The molecule has 0 fully saturated rings. The zero-order valence-corrected chi connectivity index (χ0v) is 26.1. The Morgan fingerprint density at radius 2 is 0.838 bits per heavy atom. The molecule has 2 nitrogen and oxygen atoms in total. The van der Waals surface area contributed by atoms with Gasteiger partial charge in [0.15, 0.2) is 0 Å². The lowest BCUT2D eigenvalue weighted by Crippen LogP contribution is -2.37. The second-order valence-electron chi connectivity index (χ2n) is 12.0. The van der Waals surface area contributed by atoms with Crippen molar-refractivity contribution < 1.29 is 4.57 Å². The largest absolute Gasteiger partial charge is 0.256 e. The smallest absolute Gasteiger partial charge is 0.234 e. The highest BCUT2D eigenvalue weighted by Crippen LogP contribution is 2.14. The van der Waals surface area contributed by atoms with Gasteiger partial charge in [-0.3, -0.25) is 0 Å². The standard InChI is InChI=1S/C35H69N2/c1-4-7-10-13-15-16-17-18-19-20-21-23-26-29-32-37-34-33-36(31-28-25-22-14-11-8-5-2)35(37)30-27-24-12-9-6-3/h33-34H,4-32H2,1-3H3/q+1. The van der Waals surface area contributed by atoms with Crippen molar-refractivity contribution in [3.8, 4) is 0 Å². The first kappa shape index (κ1) is 34.2. The second-order valence-corrected chi connectivity index (χ2v) is 12.0. The molecule has 0 aliphatic carbocycles. The molecule has 0 saturated carbocycles. The highest BCUT2D eigenvalue weighted by Gasteiger charge is 2.16. The molecule has 0 unspecified atom stereocenters. The Labute approximate surface area is 234 Å². The first-order valence-corrected chi connectivity index (χ1v) is 17.4. The van der Waals surface area contributed by atoms with Crippen LogP contribution in [0.2, 0.25) is 0 Å². The molecule has 37 heavy (non-hydrogen) atoms. The van der Waals surface area contributed by atoms with Crippen molar-refractivity contribution >= 4 is 0 Å². The van der Waals surface area contributed by atoms with Crippen LogP contribution < -0.4 is 4.57 Å². The topological polar surface area (TPSA) is 8.81 Å². The fraction of sp³-hybridized carbons (Fsp3) is 0.914. The van der Waals surface area contributed by atoms with E-state index in [1.807, 2.05) is 0 Å². The van der Waals surface area contributed by atoms with Gasteiger partial charge in [0.2, 0.25) is 0 Å². The van der Waals surface area contributed by atoms with Crippen molar-refractivity contribution in [1.82, 2.24) is 4.57 Å². The number of nitrogens with zero attached hydrogens (tertiary/aromatic N) is 2. The van der Waals surface area contributed by atoms with Crippen molar-refractivity contribution in [3.63, 3.8) is 0 Å². The number of rotatable bonds is 29. The summed E-state index contributed by atoms with van der Waals surface area (Å²) >= 11 is 0. The molecular weight excluding hydrogens is 448 g/mol. The third-order valence-electron chi connectivity index (χ3n) is 8.35. The highest BCUT2D eigenvalue weighted by atomic mass is 15.1. The van der Waals surface area contributed by atoms with E-state index < -0.39 is 0 Å². The molecule has 2 heteroatoms. The number of hydrogen-bond donors (Lipinski definition) is 0. The number of hydrogen-bond acceptors (Lipinski definition) is 0. The molecule has 0 aliphatic rings. The molecule has 0 N–H and O–H groups in total. The van der Waals surface area contributed by atoms with Crippen LogP contribution in [0, 0.1) is 0 Å². The van der Waals surface area contributed by atoms with Gasteiger partial charge in [-0.1, -0.05) is 156 Å². The lowest BCUT2D eigenvalue weighted by molar-refractivity contribution is -0.704.